The van der Waals surface area contributed by atoms with E-state index in [9.17, 15) is 4.39 Å². The summed E-state index contributed by atoms with van der Waals surface area (Å²) < 4.78 is 18.7. The molecule has 0 heterocycles. The predicted molar refractivity (Wildman–Crippen MR) is 73.3 cm³/mol. The Morgan fingerprint density at radius 3 is 2.39 bits per heavy atom. The van der Waals surface area contributed by atoms with Gasteiger partial charge in [-0.15, -0.1) is 0 Å². The summed E-state index contributed by atoms with van der Waals surface area (Å²) in [6, 6.07) is 6.98. The number of nitrogens with one attached hydrogen (secondary N) is 1. The van der Waals surface area contributed by atoms with Crippen LogP contribution in [0.15, 0.2) is 24.3 Å². The van der Waals surface area contributed by atoms with E-state index < -0.39 is 0 Å². The highest BCUT2D eigenvalue weighted by atomic mass is 19.1. The van der Waals surface area contributed by atoms with Gasteiger partial charge in [-0.25, -0.2) is 4.39 Å². The van der Waals surface area contributed by atoms with Crippen molar-refractivity contribution < 1.29 is 9.13 Å². The van der Waals surface area contributed by atoms with Gasteiger partial charge in [0.15, 0.2) is 0 Å². The molecule has 0 aromatic heterocycles. The topological polar surface area (TPSA) is 21.3 Å². The summed E-state index contributed by atoms with van der Waals surface area (Å²) in [6.07, 6.45) is 3.23. The molecule has 0 fully saturated rings. The number of hydrogen-bond acceptors (Lipinski definition) is 2. The molecule has 0 radical (unpaired) electrons. The van der Waals surface area contributed by atoms with Gasteiger partial charge in [0.1, 0.15) is 5.82 Å². The summed E-state index contributed by atoms with van der Waals surface area (Å²) in [6.45, 7) is 4.91. The number of halogens is 1. The quantitative estimate of drug-likeness (QED) is 0.768. The summed E-state index contributed by atoms with van der Waals surface area (Å²) in [7, 11) is 1.95. The molecule has 0 aliphatic carbocycles. The van der Waals surface area contributed by atoms with Crippen molar-refractivity contribution in [2.45, 2.75) is 45.3 Å². The molecule has 18 heavy (non-hydrogen) atoms. The molecule has 2 nitrogen and oxygen atoms in total. The maximum Gasteiger partial charge on any atom is 0.123 e. The molecule has 0 saturated carbocycles. The molecule has 0 amide bonds. The SMILES string of the molecule is CCCC(OCC)C(Cc1ccc(F)cc1)NC. The monoisotopic (exact) mass is 253 g/mol. The Kier molecular flexibility index (Phi) is 6.91. The molecule has 1 rings (SSSR count). The van der Waals surface area contributed by atoms with Crippen LogP contribution in [0.5, 0.6) is 0 Å². The average molecular weight is 253 g/mol. The Bertz CT molecular complexity index is 320. The van der Waals surface area contributed by atoms with E-state index in [0.717, 1.165) is 31.4 Å². The smallest absolute Gasteiger partial charge is 0.123 e. The molecule has 1 aromatic rings. The van der Waals surface area contributed by atoms with Gasteiger partial charge in [-0.1, -0.05) is 25.5 Å². The normalized spacial score (nSPS) is 14.4. The van der Waals surface area contributed by atoms with Crippen LogP contribution in [0.1, 0.15) is 32.3 Å². The zero-order valence-electron chi connectivity index (χ0n) is 11.6. The number of rotatable bonds is 8. The number of ether oxygens (including phenoxy) is 1. The second-order valence-corrected chi connectivity index (χ2v) is 4.51. The van der Waals surface area contributed by atoms with Crippen molar-refractivity contribution in [2.24, 2.45) is 0 Å². The Balaban J connectivity index is 2.66. The number of likely N-dealkylation sites (N-methyl/N-ethyl adjacent to an activating group) is 1. The minimum absolute atomic E-state index is 0.185. The van der Waals surface area contributed by atoms with Crippen LogP contribution in [0.4, 0.5) is 4.39 Å². The van der Waals surface area contributed by atoms with E-state index in [4.69, 9.17) is 4.74 Å². The standard InChI is InChI=1S/C15H24FNO/c1-4-6-15(18-5-2)14(17-3)11-12-7-9-13(16)10-8-12/h7-10,14-15,17H,4-6,11H2,1-3H3. The molecule has 102 valence electrons. The Morgan fingerprint density at radius 1 is 1.22 bits per heavy atom. The lowest BCUT2D eigenvalue weighted by molar-refractivity contribution is 0.0301. The van der Waals surface area contributed by atoms with Crippen molar-refractivity contribution >= 4 is 0 Å². The van der Waals surface area contributed by atoms with Gasteiger partial charge in [0.2, 0.25) is 0 Å². The molecule has 0 bridgehead atoms. The van der Waals surface area contributed by atoms with Crippen LogP contribution in [0.25, 0.3) is 0 Å². The lowest BCUT2D eigenvalue weighted by Crippen LogP contribution is -2.41. The van der Waals surface area contributed by atoms with Crippen molar-refractivity contribution in [2.75, 3.05) is 13.7 Å². The van der Waals surface area contributed by atoms with Crippen LogP contribution in [0.2, 0.25) is 0 Å². The second-order valence-electron chi connectivity index (χ2n) is 4.51. The molecule has 2 atom stereocenters. The minimum atomic E-state index is -0.185. The molecule has 2 unspecified atom stereocenters. The second kappa shape index (κ2) is 8.22. The number of benzene rings is 1. The van der Waals surface area contributed by atoms with Gasteiger partial charge in [-0.2, -0.15) is 0 Å². The summed E-state index contributed by atoms with van der Waals surface area (Å²) in [5.74, 6) is -0.185. The van der Waals surface area contributed by atoms with E-state index >= 15 is 0 Å². The fraction of sp³-hybridized carbons (Fsp3) is 0.600. The van der Waals surface area contributed by atoms with E-state index in [1.807, 2.05) is 26.1 Å². The van der Waals surface area contributed by atoms with Gasteiger partial charge in [-0.3, -0.25) is 0 Å². The highest BCUT2D eigenvalue weighted by molar-refractivity contribution is 5.17. The molecular formula is C15H24FNO. The molecule has 0 aliphatic rings. The zero-order valence-corrected chi connectivity index (χ0v) is 11.6. The summed E-state index contributed by atoms with van der Waals surface area (Å²) >= 11 is 0. The lowest BCUT2D eigenvalue weighted by atomic mass is 9.98. The van der Waals surface area contributed by atoms with Crippen LogP contribution < -0.4 is 5.32 Å². The predicted octanol–water partition coefficient (Wildman–Crippen LogP) is 3.16. The fourth-order valence-electron chi connectivity index (χ4n) is 2.19. The van der Waals surface area contributed by atoms with Gasteiger partial charge in [0.05, 0.1) is 6.10 Å². The summed E-state index contributed by atoms with van der Waals surface area (Å²) in [5.41, 5.74) is 1.14. The zero-order chi connectivity index (χ0) is 13.4. The fourth-order valence-corrected chi connectivity index (χ4v) is 2.19. The first kappa shape index (κ1) is 15.1. The third-order valence-electron chi connectivity index (χ3n) is 3.14. The van der Waals surface area contributed by atoms with E-state index in [-0.39, 0.29) is 18.0 Å². The van der Waals surface area contributed by atoms with Gasteiger partial charge in [0, 0.05) is 12.6 Å². The third-order valence-corrected chi connectivity index (χ3v) is 3.14. The van der Waals surface area contributed by atoms with Gasteiger partial charge < -0.3 is 10.1 Å². The molecular weight excluding hydrogens is 229 g/mol. The van der Waals surface area contributed by atoms with Crippen LogP contribution in [-0.4, -0.2) is 25.8 Å². The van der Waals surface area contributed by atoms with Crippen LogP contribution in [0, 0.1) is 5.82 Å². The van der Waals surface area contributed by atoms with Crippen molar-refractivity contribution in [3.05, 3.63) is 35.6 Å². The first-order valence-electron chi connectivity index (χ1n) is 6.74. The van der Waals surface area contributed by atoms with E-state index in [1.165, 1.54) is 12.1 Å². The molecule has 0 spiro atoms. The maximum absolute atomic E-state index is 12.9. The van der Waals surface area contributed by atoms with E-state index in [1.54, 1.807) is 0 Å². The molecule has 3 heteroatoms. The molecule has 1 aromatic carbocycles. The summed E-state index contributed by atoms with van der Waals surface area (Å²) in [5, 5.41) is 3.32. The van der Waals surface area contributed by atoms with Crippen LogP contribution in [-0.2, 0) is 11.2 Å². The molecule has 0 saturated heterocycles. The van der Waals surface area contributed by atoms with Crippen molar-refractivity contribution in [1.82, 2.24) is 5.32 Å². The van der Waals surface area contributed by atoms with Crippen LogP contribution in [0.3, 0.4) is 0 Å². The first-order valence-corrected chi connectivity index (χ1v) is 6.74. The van der Waals surface area contributed by atoms with Crippen molar-refractivity contribution in [3.63, 3.8) is 0 Å². The van der Waals surface area contributed by atoms with Gasteiger partial charge >= 0.3 is 0 Å². The third kappa shape index (κ3) is 4.75. The minimum Gasteiger partial charge on any atom is -0.377 e. The highest BCUT2D eigenvalue weighted by Gasteiger charge is 2.19. The molecule has 1 N–H and O–H groups in total. The average Bonchev–Trinajstić information content (AvgIpc) is 2.38. The van der Waals surface area contributed by atoms with E-state index in [0.29, 0.717) is 0 Å². The summed E-state index contributed by atoms with van der Waals surface area (Å²) in [4.78, 5) is 0. The highest BCUT2D eigenvalue weighted by Crippen LogP contribution is 2.13. The Labute approximate surface area is 110 Å². The number of hydrogen-bond donors (Lipinski definition) is 1. The van der Waals surface area contributed by atoms with Gasteiger partial charge in [0.25, 0.3) is 0 Å². The molecule has 0 aliphatic heterocycles. The Hall–Kier alpha value is -0.930. The largest absolute Gasteiger partial charge is 0.377 e. The van der Waals surface area contributed by atoms with Crippen molar-refractivity contribution in [1.29, 1.82) is 0 Å². The first-order chi connectivity index (χ1) is 8.71. The van der Waals surface area contributed by atoms with E-state index in [2.05, 4.69) is 12.2 Å². The maximum atomic E-state index is 12.9. The Morgan fingerprint density at radius 2 is 1.89 bits per heavy atom. The van der Waals surface area contributed by atoms with Crippen molar-refractivity contribution in [3.8, 4) is 0 Å². The van der Waals surface area contributed by atoms with Crippen LogP contribution >= 0.6 is 0 Å². The lowest BCUT2D eigenvalue weighted by Gasteiger charge is -2.26. The van der Waals surface area contributed by atoms with Gasteiger partial charge in [-0.05, 0) is 44.5 Å².